The van der Waals surface area contributed by atoms with Crippen molar-refractivity contribution in [2.75, 3.05) is 11.1 Å². The molecule has 3 N–H and O–H groups in total. The molecule has 1 aliphatic carbocycles. The zero-order valence-corrected chi connectivity index (χ0v) is 9.23. The van der Waals surface area contributed by atoms with Crippen LogP contribution in [0.15, 0.2) is 6.07 Å². The van der Waals surface area contributed by atoms with Crippen LogP contribution in [-0.4, -0.2) is 21.7 Å². The normalized spacial score (nSPS) is 18.2. The number of hydrogen-bond donors (Lipinski definition) is 2. The van der Waals surface area contributed by atoms with Crippen LogP contribution < -0.4 is 11.1 Å². The summed E-state index contributed by atoms with van der Waals surface area (Å²) in [5.41, 5.74) is 1.46. The van der Waals surface area contributed by atoms with Crippen molar-refractivity contribution in [1.29, 1.82) is 0 Å². The standard InChI is InChI=1S/C9H8F6N4/c10-8(11,12)4-3-5(18-6(16)17-4)19-7(1-2-7)9(13,14)15/h3H,1-2H2,(H3,16,17,18,19). The molecule has 0 atom stereocenters. The van der Waals surface area contributed by atoms with Gasteiger partial charge in [-0.3, -0.25) is 0 Å². The second-order valence-electron chi connectivity index (χ2n) is 4.20. The molecular formula is C9H8F6N4. The Balaban J connectivity index is 2.30. The maximum Gasteiger partial charge on any atom is 0.433 e. The molecule has 1 aromatic heterocycles. The number of nitrogens with zero attached hydrogens (tertiary/aromatic N) is 2. The van der Waals surface area contributed by atoms with Gasteiger partial charge in [0.1, 0.15) is 11.4 Å². The van der Waals surface area contributed by atoms with E-state index in [1.54, 1.807) is 0 Å². The van der Waals surface area contributed by atoms with E-state index in [0.717, 1.165) is 0 Å². The van der Waals surface area contributed by atoms with Crippen molar-refractivity contribution in [2.24, 2.45) is 0 Å². The average Bonchev–Trinajstić information content (AvgIpc) is 2.95. The summed E-state index contributed by atoms with van der Waals surface area (Å²) in [5, 5.41) is 1.97. The first kappa shape index (κ1) is 13.7. The molecule has 1 saturated carbocycles. The lowest BCUT2D eigenvalue weighted by Gasteiger charge is -2.21. The summed E-state index contributed by atoms with van der Waals surface area (Å²) in [6.45, 7) is 0. The Hall–Kier alpha value is -1.74. The maximum absolute atomic E-state index is 12.7. The number of nitrogens with two attached hydrogens (primary N) is 1. The molecule has 1 heterocycles. The summed E-state index contributed by atoms with van der Waals surface area (Å²) in [6, 6.07) is 0.405. The topological polar surface area (TPSA) is 63.8 Å². The number of hydrogen-bond acceptors (Lipinski definition) is 4. The molecule has 106 valence electrons. The van der Waals surface area contributed by atoms with Gasteiger partial charge in [0.25, 0.3) is 0 Å². The number of nitrogens with one attached hydrogen (secondary N) is 1. The zero-order chi connectivity index (χ0) is 14.5. The zero-order valence-electron chi connectivity index (χ0n) is 9.23. The highest BCUT2D eigenvalue weighted by atomic mass is 19.4. The van der Waals surface area contributed by atoms with E-state index in [9.17, 15) is 26.3 Å². The molecule has 0 amide bonds. The highest BCUT2D eigenvalue weighted by Gasteiger charge is 2.63. The predicted molar refractivity (Wildman–Crippen MR) is 53.1 cm³/mol. The largest absolute Gasteiger partial charge is 0.433 e. The van der Waals surface area contributed by atoms with E-state index in [-0.39, 0.29) is 12.8 Å². The molecule has 4 nitrogen and oxygen atoms in total. The van der Waals surface area contributed by atoms with Gasteiger partial charge in [-0.05, 0) is 12.8 Å². The van der Waals surface area contributed by atoms with Crippen LogP contribution in [0.2, 0.25) is 0 Å². The van der Waals surface area contributed by atoms with Crippen LogP contribution in [0.3, 0.4) is 0 Å². The van der Waals surface area contributed by atoms with Crippen molar-refractivity contribution in [3.8, 4) is 0 Å². The van der Waals surface area contributed by atoms with Crippen molar-refractivity contribution >= 4 is 11.8 Å². The number of aromatic nitrogens is 2. The molecule has 0 unspecified atom stereocenters. The maximum atomic E-state index is 12.7. The van der Waals surface area contributed by atoms with Crippen molar-refractivity contribution < 1.29 is 26.3 Å². The van der Waals surface area contributed by atoms with Crippen molar-refractivity contribution in [2.45, 2.75) is 30.7 Å². The monoisotopic (exact) mass is 286 g/mol. The van der Waals surface area contributed by atoms with Crippen molar-refractivity contribution in [3.05, 3.63) is 11.8 Å². The minimum Gasteiger partial charge on any atom is -0.368 e. The SMILES string of the molecule is Nc1nc(NC2(C(F)(F)F)CC2)cc(C(F)(F)F)n1. The van der Waals surface area contributed by atoms with Gasteiger partial charge in [0.2, 0.25) is 5.95 Å². The Morgan fingerprint density at radius 2 is 1.68 bits per heavy atom. The molecule has 10 heteroatoms. The Bertz CT molecular complexity index is 490. The fraction of sp³-hybridized carbons (Fsp3) is 0.556. The van der Waals surface area contributed by atoms with Gasteiger partial charge in [0.05, 0.1) is 0 Å². The molecule has 0 spiro atoms. The van der Waals surface area contributed by atoms with Gasteiger partial charge in [0, 0.05) is 6.07 Å². The summed E-state index contributed by atoms with van der Waals surface area (Å²) < 4.78 is 75.3. The van der Waals surface area contributed by atoms with Crippen LogP contribution in [0, 0.1) is 0 Å². The summed E-state index contributed by atoms with van der Waals surface area (Å²) in [4.78, 5) is 6.28. The van der Waals surface area contributed by atoms with E-state index in [1.807, 2.05) is 5.32 Å². The first-order valence-electron chi connectivity index (χ1n) is 5.10. The summed E-state index contributed by atoms with van der Waals surface area (Å²) in [5.74, 6) is -1.33. The summed E-state index contributed by atoms with van der Waals surface area (Å²) >= 11 is 0. The van der Waals surface area contributed by atoms with Crippen LogP contribution >= 0.6 is 0 Å². The van der Waals surface area contributed by atoms with E-state index >= 15 is 0 Å². The van der Waals surface area contributed by atoms with Crippen LogP contribution in [0.4, 0.5) is 38.1 Å². The van der Waals surface area contributed by atoms with E-state index in [0.29, 0.717) is 6.07 Å². The fourth-order valence-corrected chi connectivity index (χ4v) is 1.52. The molecule has 0 aromatic carbocycles. The third-order valence-electron chi connectivity index (χ3n) is 2.69. The molecule has 0 radical (unpaired) electrons. The number of rotatable bonds is 2. The van der Waals surface area contributed by atoms with Crippen LogP contribution in [0.5, 0.6) is 0 Å². The van der Waals surface area contributed by atoms with Gasteiger partial charge < -0.3 is 11.1 Å². The molecule has 2 rings (SSSR count). The van der Waals surface area contributed by atoms with Gasteiger partial charge in [-0.1, -0.05) is 0 Å². The molecule has 1 aromatic rings. The first-order chi connectivity index (χ1) is 8.53. The van der Waals surface area contributed by atoms with E-state index in [1.165, 1.54) is 0 Å². The van der Waals surface area contributed by atoms with Crippen LogP contribution in [0.25, 0.3) is 0 Å². The second-order valence-corrected chi connectivity index (χ2v) is 4.20. The smallest absolute Gasteiger partial charge is 0.368 e. The molecule has 19 heavy (non-hydrogen) atoms. The molecule has 0 bridgehead atoms. The lowest BCUT2D eigenvalue weighted by Crippen LogP contribution is -2.39. The summed E-state index contributed by atoms with van der Waals surface area (Å²) in [7, 11) is 0. The Morgan fingerprint density at radius 1 is 1.11 bits per heavy atom. The minimum absolute atomic E-state index is 0.220. The second kappa shape index (κ2) is 3.87. The van der Waals surface area contributed by atoms with E-state index in [2.05, 4.69) is 9.97 Å². The molecule has 0 saturated heterocycles. The molecule has 0 aliphatic heterocycles. The Morgan fingerprint density at radius 3 is 2.11 bits per heavy atom. The fourth-order valence-electron chi connectivity index (χ4n) is 1.52. The third kappa shape index (κ3) is 2.66. The van der Waals surface area contributed by atoms with Gasteiger partial charge >= 0.3 is 12.4 Å². The highest BCUT2D eigenvalue weighted by Crippen LogP contribution is 2.51. The van der Waals surface area contributed by atoms with Crippen molar-refractivity contribution in [3.63, 3.8) is 0 Å². The van der Waals surface area contributed by atoms with Gasteiger partial charge in [-0.25, -0.2) is 4.98 Å². The van der Waals surface area contributed by atoms with Gasteiger partial charge in [-0.15, -0.1) is 0 Å². The van der Waals surface area contributed by atoms with E-state index < -0.39 is 35.4 Å². The van der Waals surface area contributed by atoms with Crippen molar-refractivity contribution in [1.82, 2.24) is 9.97 Å². The van der Waals surface area contributed by atoms with Crippen LogP contribution in [-0.2, 0) is 6.18 Å². The predicted octanol–water partition coefficient (Wildman–Crippen LogP) is 2.58. The van der Waals surface area contributed by atoms with Crippen LogP contribution in [0.1, 0.15) is 18.5 Å². The number of anilines is 2. The third-order valence-corrected chi connectivity index (χ3v) is 2.69. The summed E-state index contributed by atoms with van der Waals surface area (Å²) in [6.07, 6.45) is -9.81. The Kier molecular flexibility index (Phi) is 2.79. The lowest BCUT2D eigenvalue weighted by molar-refractivity contribution is -0.151. The lowest BCUT2D eigenvalue weighted by atomic mass is 10.2. The highest BCUT2D eigenvalue weighted by molar-refractivity contribution is 5.46. The van der Waals surface area contributed by atoms with Gasteiger partial charge in [-0.2, -0.15) is 31.3 Å². The first-order valence-corrected chi connectivity index (χ1v) is 5.10. The molecular weight excluding hydrogens is 278 g/mol. The number of nitrogen functional groups attached to an aromatic ring is 1. The number of halogens is 6. The minimum atomic E-state index is -4.80. The molecule has 1 fully saturated rings. The van der Waals surface area contributed by atoms with Gasteiger partial charge in [0.15, 0.2) is 5.69 Å². The molecule has 1 aliphatic rings. The Labute approximate surface area is 103 Å². The average molecular weight is 286 g/mol. The van der Waals surface area contributed by atoms with E-state index in [4.69, 9.17) is 5.73 Å². The number of alkyl halides is 6. The quantitative estimate of drug-likeness (QED) is 0.820.